The van der Waals surface area contributed by atoms with Gasteiger partial charge in [-0.1, -0.05) is 24.3 Å². The van der Waals surface area contributed by atoms with Crippen LogP contribution in [-0.2, 0) is 61.7 Å². The number of aryl methyl sites for hydroxylation is 1. The minimum absolute atomic E-state index is 0.0585. The Morgan fingerprint density at radius 1 is 0.488 bits per heavy atom. The van der Waals surface area contributed by atoms with Gasteiger partial charge in [0.05, 0.1) is 137 Å². The van der Waals surface area contributed by atoms with Crippen molar-refractivity contribution in [3.05, 3.63) is 42.7 Å². The molecule has 0 saturated heterocycles. The van der Waals surface area contributed by atoms with Gasteiger partial charge in [0.1, 0.15) is 6.61 Å². The second-order valence-corrected chi connectivity index (χ2v) is 10.3. The molecule has 0 aliphatic rings. The molecule has 43 heavy (non-hydrogen) atoms. The predicted octanol–water partition coefficient (Wildman–Crippen LogP) is 2.01. The van der Waals surface area contributed by atoms with Gasteiger partial charge in [0, 0.05) is 0 Å². The van der Waals surface area contributed by atoms with Gasteiger partial charge in [0.25, 0.3) is 10.1 Å². The van der Waals surface area contributed by atoms with Crippen LogP contribution in [0.1, 0.15) is 5.56 Å². The summed E-state index contributed by atoms with van der Waals surface area (Å²) in [5.74, 6) is 0. The van der Waals surface area contributed by atoms with Crippen molar-refractivity contribution in [2.75, 3.05) is 132 Å². The maximum Gasteiger partial charge on any atom is 0.297 e. The zero-order valence-electron chi connectivity index (χ0n) is 25.5. The standard InChI is InChI=1S/C29H50O13S/c1-3-32-8-9-33-10-11-34-12-13-35-14-15-36-16-17-37-18-19-38-20-21-39-22-23-40-24-25-41-26-27-42-43(30,31)29-6-4-28(2)5-7-29/h3-7H,1,8-27H2,2H3. The van der Waals surface area contributed by atoms with Gasteiger partial charge in [0.15, 0.2) is 0 Å². The molecule has 0 radical (unpaired) electrons. The van der Waals surface area contributed by atoms with Gasteiger partial charge in [-0.3, -0.25) is 4.18 Å². The average molecular weight is 639 g/mol. The Bertz CT molecular complexity index is 852. The molecular weight excluding hydrogens is 588 g/mol. The summed E-state index contributed by atoms with van der Waals surface area (Å²) in [4.78, 5) is 0.128. The van der Waals surface area contributed by atoms with Gasteiger partial charge in [0.2, 0.25) is 0 Å². The molecule has 0 aliphatic carbocycles. The van der Waals surface area contributed by atoms with Gasteiger partial charge in [-0.25, -0.2) is 0 Å². The monoisotopic (exact) mass is 638 g/mol. The second kappa shape index (κ2) is 29.0. The summed E-state index contributed by atoms with van der Waals surface area (Å²) in [6, 6.07) is 6.48. The van der Waals surface area contributed by atoms with Crippen molar-refractivity contribution in [2.24, 2.45) is 0 Å². The minimum Gasteiger partial charge on any atom is -0.499 e. The van der Waals surface area contributed by atoms with E-state index >= 15 is 0 Å². The van der Waals surface area contributed by atoms with Crippen LogP contribution in [0.5, 0.6) is 0 Å². The lowest BCUT2D eigenvalue weighted by Crippen LogP contribution is -2.15. The summed E-state index contributed by atoms with van der Waals surface area (Å²) in [7, 11) is -3.77. The van der Waals surface area contributed by atoms with E-state index in [9.17, 15) is 8.42 Å². The molecule has 0 amide bonds. The Morgan fingerprint density at radius 3 is 1.07 bits per heavy atom. The Balaban J connectivity index is 1.70. The number of ether oxygens (including phenoxy) is 10. The van der Waals surface area contributed by atoms with Crippen LogP contribution >= 0.6 is 0 Å². The highest BCUT2D eigenvalue weighted by atomic mass is 32.2. The molecular formula is C29H50O13S. The third kappa shape index (κ3) is 25.3. The van der Waals surface area contributed by atoms with E-state index in [0.29, 0.717) is 119 Å². The zero-order valence-corrected chi connectivity index (χ0v) is 26.3. The highest BCUT2D eigenvalue weighted by Gasteiger charge is 2.14. The first-order chi connectivity index (χ1) is 21.1. The lowest BCUT2D eigenvalue weighted by atomic mass is 10.2. The SMILES string of the molecule is C=COCCOCCOCCOCCOCCOCCOCCOCCOCCOCCOS(=O)(=O)c1ccc(C)cc1. The first-order valence-electron chi connectivity index (χ1n) is 14.4. The van der Waals surface area contributed by atoms with Gasteiger partial charge in [-0.15, -0.1) is 0 Å². The maximum atomic E-state index is 12.1. The number of hydrogen-bond acceptors (Lipinski definition) is 13. The summed E-state index contributed by atoms with van der Waals surface area (Å²) in [6.07, 6.45) is 1.39. The lowest BCUT2D eigenvalue weighted by Gasteiger charge is -2.09. The van der Waals surface area contributed by atoms with Gasteiger partial charge in [-0.2, -0.15) is 8.42 Å². The molecule has 1 aromatic carbocycles. The predicted molar refractivity (Wildman–Crippen MR) is 158 cm³/mol. The number of rotatable bonds is 33. The molecule has 250 valence electrons. The van der Waals surface area contributed by atoms with Crippen LogP contribution < -0.4 is 0 Å². The Hall–Kier alpha value is -1.69. The van der Waals surface area contributed by atoms with Crippen molar-refractivity contribution in [3.63, 3.8) is 0 Å². The smallest absolute Gasteiger partial charge is 0.297 e. The molecule has 0 saturated carbocycles. The van der Waals surface area contributed by atoms with Gasteiger partial charge in [-0.05, 0) is 19.1 Å². The number of hydrogen-bond donors (Lipinski definition) is 0. The molecule has 14 heteroatoms. The van der Waals surface area contributed by atoms with E-state index in [1.54, 1.807) is 12.1 Å². The normalized spacial score (nSPS) is 11.7. The van der Waals surface area contributed by atoms with Crippen molar-refractivity contribution in [3.8, 4) is 0 Å². The molecule has 1 rings (SSSR count). The summed E-state index contributed by atoms with van der Waals surface area (Å²) in [5.41, 5.74) is 0.975. The molecule has 0 atom stereocenters. The summed E-state index contributed by atoms with van der Waals surface area (Å²) in [6.45, 7) is 13.9. The third-order valence-corrected chi connectivity index (χ3v) is 6.54. The van der Waals surface area contributed by atoms with Crippen LogP contribution in [-0.4, -0.2) is 141 Å². The third-order valence-electron chi connectivity index (χ3n) is 5.22. The first kappa shape index (κ1) is 39.3. The van der Waals surface area contributed by atoms with Crippen molar-refractivity contribution >= 4 is 10.1 Å². The quantitative estimate of drug-likeness (QED) is 0.0632. The molecule has 13 nitrogen and oxygen atoms in total. The highest BCUT2D eigenvalue weighted by molar-refractivity contribution is 7.86. The zero-order chi connectivity index (χ0) is 31.1. The van der Waals surface area contributed by atoms with Crippen LogP contribution in [0, 0.1) is 6.92 Å². The molecule has 0 heterocycles. The molecule has 1 aromatic rings. The van der Waals surface area contributed by atoms with Crippen LogP contribution in [0.4, 0.5) is 0 Å². The molecule has 0 unspecified atom stereocenters. The molecule has 0 N–H and O–H groups in total. The minimum atomic E-state index is -3.77. The van der Waals surface area contributed by atoms with Crippen LogP contribution in [0.3, 0.4) is 0 Å². The topological polar surface area (TPSA) is 136 Å². The molecule has 0 bridgehead atoms. The van der Waals surface area contributed by atoms with Crippen LogP contribution in [0.2, 0.25) is 0 Å². The summed E-state index contributed by atoms with van der Waals surface area (Å²) < 4.78 is 82.6. The summed E-state index contributed by atoms with van der Waals surface area (Å²) in [5, 5.41) is 0. The molecule has 0 aliphatic heterocycles. The fraction of sp³-hybridized carbons (Fsp3) is 0.724. The van der Waals surface area contributed by atoms with Gasteiger partial charge >= 0.3 is 0 Å². The number of benzene rings is 1. The first-order valence-corrected chi connectivity index (χ1v) is 15.9. The van der Waals surface area contributed by atoms with Crippen LogP contribution in [0.15, 0.2) is 42.0 Å². The molecule has 0 spiro atoms. The van der Waals surface area contributed by atoms with Crippen molar-refractivity contribution < 1.29 is 60.0 Å². The highest BCUT2D eigenvalue weighted by Crippen LogP contribution is 2.12. The van der Waals surface area contributed by atoms with Crippen molar-refractivity contribution in [2.45, 2.75) is 11.8 Å². The van der Waals surface area contributed by atoms with Crippen molar-refractivity contribution in [1.82, 2.24) is 0 Å². The summed E-state index contributed by atoms with van der Waals surface area (Å²) >= 11 is 0. The van der Waals surface area contributed by atoms with E-state index in [-0.39, 0.29) is 18.1 Å². The van der Waals surface area contributed by atoms with E-state index in [1.807, 2.05) is 6.92 Å². The van der Waals surface area contributed by atoms with Crippen molar-refractivity contribution in [1.29, 1.82) is 0 Å². The fourth-order valence-corrected chi connectivity index (χ4v) is 3.92. The van der Waals surface area contributed by atoms with E-state index < -0.39 is 10.1 Å². The van der Waals surface area contributed by atoms with E-state index in [4.69, 9.17) is 51.6 Å². The van der Waals surface area contributed by atoms with Crippen LogP contribution in [0.25, 0.3) is 0 Å². The average Bonchev–Trinajstić information content (AvgIpc) is 3.00. The lowest BCUT2D eigenvalue weighted by molar-refractivity contribution is -0.0259. The second-order valence-electron chi connectivity index (χ2n) is 8.64. The molecule has 0 fully saturated rings. The Labute approximate surface area is 256 Å². The van der Waals surface area contributed by atoms with E-state index in [1.165, 1.54) is 18.4 Å². The Kier molecular flexibility index (Phi) is 26.6. The van der Waals surface area contributed by atoms with Gasteiger partial charge < -0.3 is 47.4 Å². The largest absolute Gasteiger partial charge is 0.499 e. The Morgan fingerprint density at radius 2 is 0.767 bits per heavy atom. The van der Waals surface area contributed by atoms with E-state index in [0.717, 1.165) is 5.56 Å². The fourth-order valence-electron chi connectivity index (χ4n) is 3.03. The van der Waals surface area contributed by atoms with E-state index in [2.05, 4.69) is 6.58 Å². The maximum absolute atomic E-state index is 12.1. The molecule has 0 aromatic heterocycles.